The Kier molecular flexibility index (Phi) is 3.10. The van der Waals surface area contributed by atoms with E-state index in [0.717, 1.165) is 15.1 Å². The summed E-state index contributed by atoms with van der Waals surface area (Å²) in [5.74, 6) is 0. The molecule has 88 valence electrons. The molecule has 0 bridgehead atoms. The molecule has 3 nitrogen and oxygen atoms in total. The minimum absolute atomic E-state index is 0.709. The summed E-state index contributed by atoms with van der Waals surface area (Å²) in [5.41, 5.74) is 1.22. The van der Waals surface area contributed by atoms with E-state index in [1.54, 1.807) is 17.7 Å². The largest absolute Gasteiger partial charge is 0.287 e. The summed E-state index contributed by atoms with van der Waals surface area (Å²) < 4.78 is 0. The van der Waals surface area contributed by atoms with Crippen LogP contribution in [0.2, 0.25) is 0 Å². The Morgan fingerprint density at radius 3 is 2.94 bits per heavy atom. The Morgan fingerprint density at radius 2 is 2.11 bits per heavy atom. The van der Waals surface area contributed by atoms with E-state index in [0.29, 0.717) is 6.54 Å². The third kappa shape index (κ3) is 2.43. The Morgan fingerprint density at radius 1 is 1.22 bits per heavy atom. The van der Waals surface area contributed by atoms with Crippen molar-refractivity contribution >= 4 is 27.8 Å². The second-order valence-electron chi connectivity index (χ2n) is 3.89. The van der Waals surface area contributed by atoms with Gasteiger partial charge in [-0.3, -0.25) is 4.99 Å². The molecule has 3 rings (SSSR count). The Hall–Kier alpha value is -2.07. The lowest BCUT2D eigenvalue weighted by Gasteiger charge is -1.93. The molecule has 0 amide bonds. The van der Waals surface area contributed by atoms with Gasteiger partial charge in [0.2, 0.25) is 0 Å². The maximum absolute atomic E-state index is 4.44. The molecular formula is C14H11N3S. The average Bonchev–Trinajstić information content (AvgIpc) is 2.82. The van der Waals surface area contributed by atoms with Crippen molar-refractivity contribution in [1.29, 1.82) is 0 Å². The number of hydrogen-bond donors (Lipinski definition) is 0. The zero-order chi connectivity index (χ0) is 12.2. The summed E-state index contributed by atoms with van der Waals surface area (Å²) in [6.45, 7) is 0.709. The van der Waals surface area contributed by atoms with E-state index in [1.807, 2.05) is 30.6 Å². The number of benzene rings is 1. The smallest absolute Gasteiger partial charge is 0.127 e. The van der Waals surface area contributed by atoms with Crippen LogP contribution >= 0.6 is 11.3 Å². The first-order valence-corrected chi connectivity index (χ1v) is 6.47. The van der Waals surface area contributed by atoms with Gasteiger partial charge < -0.3 is 0 Å². The molecule has 3 aromatic rings. The molecular weight excluding hydrogens is 242 g/mol. The maximum atomic E-state index is 4.44. The highest BCUT2D eigenvalue weighted by molar-refractivity contribution is 7.20. The fourth-order valence-electron chi connectivity index (χ4n) is 1.70. The van der Waals surface area contributed by atoms with Crippen molar-refractivity contribution in [2.75, 3.05) is 0 Å². The molecule has 0 aliphatic rings. The van der Waals surface area contributed by atoms with E-state index in [9.17, 15) is 0 Å². The summed E-state index contributed by atoms with van der Waals surface area (Å²) in [6.07, 6.45) is 5.30. The van der Waals surface area contributed by atoms with Crippen molar-refractivity contribution in [3.63, 3.8) is 0 Å². The number of fused-ring (bicyclic) bond motifs is 1. The molecule has 0 aliphatic heterocycles. The fraction of sp³-hybridized carbons (Fsp3) is 0.0714. The molecule has 0 spiro atoms. The van der Waals surface area contributed by atoms with Gasteiger partial charge in [0.1, 0.15) is 11.2 Å². The van der Waals surface area contributed by atoms with Gasteiger partial charge in [-0.05, 0) is 11.6 Å². The SMILES string of the molecule is C(=N/Cc1ccccc1)/c1cc2cncnc2s1. The Labute approximate surface area is 109 Å². The van der Waals surface area contributed by atoms with Crippen molar-refractivity contribution in [2.45, 2.75) is 6.54 Å². The summed E-state index contributed by atoms with van der Waals surface area (Å²) in [5, 5.41) is 1.07. The van der Waals surface area contributed by atoms with Crippen LogP contribution in [0.1, 0.15) is 10.4 Å². The first-order chi connectivity index (χ1) is 8.92. The van der Waals surface area contributed by atoms with Crippen LogP contribution in [0.4, 0.5) is 0 Å². The highest BCUT2D eigenvalue weighted by Crippen LogP contribution is 2.20. The molecule has 1 aromatic carbocycles. The van der Waals surface area contributed by atoms with Gasteiger partial charge in [-0.2, -0.15) is 0 Å². The van der Waals surface area contributed by atoms with Crippen LogP contribution in [0.3, 0.4) is 0 Å². The number of hydrogen-bond acceptors (Lipinski definition) is 4. The highest BCUT2D eigenvalue weighted by atomic mass is 32.1. The standard InChI is InChI=1S/C14H11N3S/c1-2-4-11(5-3-1)7-15-9-13-6-12-8-16-10-17-14(12)18-13/h1-6,8-10H,7H2/b15-9-. The minimum Gasteiger partial charge on any atom is -0.287 e. The van der Waals surface area contributed by atoms with Gasteiger partial charge >= 0.3 is 0 Å². The van der Waals surface area contributed by atoms with Crippen LogP contribution in [0.15, 0.2) is 53.9 Å². The molecule has 0 unspecified atom stereocenters. The normalized spacial score (nSPS) is 11.3. The third-order valence-electron chi connectivity index (χ3n) is 2.55. The average molecular weight is 253 g/mol. The predicted molar refractivity (Wildman–Crippen MR) is 75.2 cm³/mol. The van der Waals surface area contributed by atoms with E-state index >= 15 is 0 Å². The van der Waals surface area contributed by atoms with Gasteiger partial charge in [-0.15, -0.1) is 11.3 Å². The van der Waals surface area contributed by atoms with Crippen molar-refractivity contribution in [3.8, 4) is 0 Å². The van der Waals surface area contributed by atoms with E-state index in [2.05, 4.69) is 33.2 Å². The minimum atomic E-state index is 0.709. The topological polar surface area (TPSA) is 38.1 Å². The van der Waals surface area contributed by atoms with Crippen LogP contribution in [0.5, 0.6) is 0 Å². The van der Waals surface area contributed by atoms with Gasteiger partial charge in [0.25, 0.3) is 0 Å². The zero-order valence-electron chi connectivity index (χ0n) is 9.65. The van der Waals surface area contributed by atoms with Crippen LogP contribution in [-0.4, -0.2) is 16.2 Å². The highest BCUT2D eigenvalue weighted by Gasteiger charge is 1.99. The molecule has 2 aromatic heterocycles. The first kappa shape index (κ1) is 11.0. The van der Waals surface area contributed by atoms with Crippen molar-refractivity contribution in [3.05, 3.63) is 59.4 Å². The molecule has 0 radical (unpaired) electrons. The summed E-state index contributed by atoms with van der Waals surface area (Å²) in [4.78, 5) is 14.8. The van der Waals surface area contributed by atoms with E-state index in [-0.39, 0.29) is 0 Å². The zero-order valence-corrected chi connectivity index (χ0v) is 10.5. The molecule has 0 atom stereocenters. The number of aromatic nitrogens is 2. The molecule has 0 aliphatic carbocycles. The Bertz CT molecular complexity index is 641. The van der Waals surface area contributed by atoms with Crippen LogP contribution in [-0.2, 0) is 6.54 Å². The van der Waals surface area contributed by atoms with Crippen LogP contribution in [0, 0.1) is 0 Å². The second kappa shape index (κ2) is 5.06. The monoisotopic (exact) mass is 253 g/mol. The van der Waals surface area contributed by atoms with E-state index in [1.165, 1.54) is 5.56 Å². The number of aliphatic imine (C=N–C) groups is 1. The molecule has 0 fully saturated rings. The van der Waals surface area contributed by atoms with Crippen molar-refractivity contribution < 1.29 is 0 Å². The molecule has 4 heteroatoms. The van der Waals surface area contributed by atoms with Gasteiger partial charge in [-0.1, -0.05) is 30.3 Å². The second-order valence-corrected chi connectivity index (χ2v) is 4.95. The van der Waals surface area contributed by atoms with Gasteiger partial charge in [0.05, 0.1) is 6.54 Å². The summed E-state index contributed by atoms with van der Waals surface area (Å²) in [7, 11) is 0. The lowest BCUT2D eigenvalue weighted by Crippen LogP contribution is -1.80. The molecule has 0 N–H and O–H groups in total. The van der Waals surface area contributed by atoms with Crippen LogP contribution in [0.25, 0.3) is 10.2 Å². The number of thiophene rings is 1. The van der Waals surface area contributed by atoms with Crippen LogP contribution < -0.4 is 0 Å². The predicted octanol–water partition coefficient (Wildman–Crippen LogP) is 3.31. The summed E-state index contributed by atoms with van der Waals surface area (Å²) >= 11 is 1.63. The lowest BCUT2D eigenvalue weighted by molar-refractivity contribution is 1.08. The first-order valence-electron chi connectivity index (χ1n) is 5.65. The van der Waals surface area contributed by atoms with E-state index < -0.39 is 0 Å². The molecule has 0 saturated heterocycles. The third-order valence-corrected chi connectivity index (χ3v) is 3.54. The van der Waals surface area contributed by atoms with Crippen molar-refractivity contribution in [2.24, 2.45) is 4.99 Å². The molecule has 18 heavy (non-hydrogen) atoms. The Balaban J connectivity index is 1.76. The van der Waals surface area contributed by atoms with Gasteiger partial charge in [0.15, 0.2) is 0 Å². The number of nitrogens with zero attached hydrogens (tertiary/aromatic N) is 3. The van der Waals surface area contributed by atoms with Gasteiger partial charge in [0, 0.05) is 22.7 Å². The van der Waals surface area contributed by atoms with Gasteiger partial charge in [-0.25, -0.2) is 9.97 Å². The number of rotatable bonds is 3. The quantitative estimate of drug-likeness (QED) is 0.672. The van der Waals surface area contributed by atoms with E-state index in [4.69, 9.17) is 0 Å². The summed E-state index contributed by atoms with van der Waals surface area (Å²) in [6, 6.07) is 12.3. The fourth-order valence-corrected chi connectivity index (χ4v) is 2.56. The molecule has 0 saturated carbocycles. The van der Waals surface area contributed by atoms with Crippen molar-refractivity contribution in [1.82, 2.24) is 9.97 Å². The molecule has 2 heterocycles. The lowest BCUT2D eigenvalue weighted by atomic mass is 10.2. The maximum Gasteiger partial charge on any atom is 0.127 e.